The van der Waals surface area contributed by atoms with Gasteiger partial charge in [-0.3, -0.25) is 0 Å². The third kappa shape index (κ3) is 23.3. The summed E-state index contributed by atoms with van der Waals surface area (Å²) >= 11 is 0. The van der Waals surface area contributed by atoms with Crippen LogP contribution in [0.2, 0.25) is 0 Å². The van der Waals surface area contributed by atoms with Crippen LogP contribution in [0, 0.1) is 0 Å². The van der Waals surface area contributed by atoms with Crippen LogP contribution in [-0.2, 0) is 0 Å². The summed E-state index contributed by atoms with van der Waals surface area (Å²) in [6, 6.07) is 1.72. The Bertz CT molecular complexity index is 81.7. The number of nitrogens with zero attached hydrogens (tertiary/aromatic N) is 3. The quantitative estimate of drug-likeness (QED) is 0.332. The van der Waals surface area contributed by atoms with Crippen LogP contribution in [0.3, 0.4) is 0 Å². The van der Waals surface area contributed by atoms with Gasteiger partial charge in [0.2, 0.25) is 0 Å². The smallest absolute Gasteiger partial charge is 0.0529 e. The molecule has 0 aliphatic carbocycles. The second-order valence-corrected chi connectivity index (χ2v) is 0.811. The van der Waals surface area contributed by atoms with E-state index in [1.165, 1.54) is 0 Å². The van der Waals surface area contributed by atoms with Crippen molar-refractivity contribution in [1.82, 2.24) is 52.3 Å². The van der Waals surface area contributed by atoms with Gasteiger partial charge in [0.1, 0.15) is 0 Å². The van der Waals surface area contributed by atoms with Crippen molar-refractivity contribution < 1.29 is 0 Å². The van der Waals surface area contributed by atoms with E-state index in [9.17, 15) is 0 Å². The van der Waals surface area contributed by atoms with Gasteiger partial charge >= 0.3 is 0 Å². The highest BCUT2D eigenvalue weighted by Gasteiger charge is 1.60. The first-order valence-corrected chi connectivity index (χ1v) is 1.58. The number of hydrogen-bond acceptors (Lipinski definition) is 9. The van der Waals surface area contributed by atoms with Crippen molar-refractivity contribution in [2.75, 3.05) is 0 Å². The zero-order valence-corrected chi connectivity index (χ0v) is 7.32. The van der Waals surface area contributed by atoms with E-state index >= 15 is 0 Å². The zero-order valence-electron chi connectivity index (χ0n) is 7.32. The number of hydrogen-bond donors (Lipinski definition) is 6. The van der Waals surface area contributed by atoms with Gasteiger partial charge in [0.25, 0.3) is 0 Å². The minimum absolute atomic E-state index is 0. The maximum absolute atomic E-state index is 3.42. The molecule has 1 rings (SSSR count). The van der Waals surface area contributed by atoms with E-state index in [1.54, 1.807) is 18.5 Å². The molecule has 18 N–H and O–H groups in total. The highest BCUT2D eigenvalue weighted by Crippen LogP contribution is 1.61. The van der Waals surface area contributed by atoms with Crippen LogP contribution in [0.5, 0.6) is 0 Å². The summed E-state index contributed by atoms with van der Waals surface area (Å²) in [5.74, 6) is 0. The average Bonchev–Trinajstić information content (AvgIpc) is 1.72. The summed E-state index contributed by atoms with van der Waals surface area (Å²) < 4.78 is 0. The Labute approximate surface area is 71.8 Å². The summed E-state index contributed by atoms with van der Waals surface area (Å²) in [7, 11) is 0. The Kier molecular flexibility index (Phi) is 124. The van der Waals surface area contributed by atoms with Crippen molar-refractivity contribution in [3.8, 4) is 0 Å². The molecular weight excluding hydrogens is 162 g/mol. The number of rotatable bonds is 0. The lowest BCUT2D eigenvalue weighted by molar-refractivity contribution is 0.865. The van der Waals surface area contributed by atoms with Crippen LogP contribution in [0.25, 0.3) is 0 Å². The molecular formula is C3H21N9. The SMILES string of the molecule is N.N.N.N.N.N.c1cnnnc1. The predicted molar refractivity (Wildman–Crippen MR) is 50.0 cm³/mol. The first-order chi connectivity index (χ1) is 3.00. The van der Waals surface area contributed by atoms with E-state index < -0.39 is 0 Å². The molecule has 0 fully saturated rings. The van der Waals surface area contributed by atoms with Gasteiger partial charge in [0.15, 0.2) is 0 Å². The van der Waals surface area contributed by atoms with Crippen LogP contribution < -0.4 is 36.9 Å². The van der Waals surface area contributed by atoms with Crippen LogP contribution in [-0.4, -0.2) is 15.4 Å². The van der Waals surface area contributed by atoms with Gasteiger partial charge in [0.05, 0.1) is 12.4 Å². The molecule has 78 valence electrons. The summed E-state index contributed by atoms with van der Waals surface area (Å²) in [6.45, 7) is 0. The summed E-state index contributed by atoms with van der Waals surface area (Å²) in [6.07, 6.45) is 3.15. The lowest BCUT2D eigenvalue weighted by Gasteiger charge is -1.68. The fourth-order valence-electron chi connectivity index (χ4n) is 0.205. The summed E-state index contributed by atoms with van der Waals surface area (Å²) in [5.41, 5.74) is 0. The molecule has 0 saturated heterocycles. The molecule has 0 aromatic carbocycles. The average molecular weight is 183 g/mol. The first kappa shape index (κ1) is 45.2. The van der Waals surface area contributed by atoms with Gasteiger partial charge in [-0.25, -0.2) is 0 Å². The Morgan fingerprint density at radius 1 is 0.583 bits per heavy atom. The van der Waals surface area contributed by atoms with Crippen molar-refractivity contribution in [3.63, 3.8) is 0 Å². The molecule has 0 bridgehead atoms. The van der Waals surface area contributed by atoms with Crippen molar-refractivity contribution in [2.24, 2.45) is 0 Å². The molecule has 1 aromatic rings. The Morgan fingerprint density at radius 3 is 1.00 bits per heavy atom. The topological polar surface area (TPSA) is 249 Å². The normalized spacial score (nSPS) is 4.00. The molecule has 9 nitrogen and oxygen atoms in total. The molecule has 0 atom stereocenters. The fourth-order valence-corrected chi connectivity index (χ4v) is 0.205. The standard InChI is InChI=1S/C3H3N3.6H3N/c1-2-4-6-5-3-1;;;;;;/h1-3H;6*1H3. The van der Waals surface area contributed by atoms with E-state index in [0.717, 1.165) is 0 Å². The maximum atomic E-state index is 3.42. The minimum Gasteiger partial charge on any atom is -0.344 e. The summed E-state index contributed by atoms with van der Waals surface area (Å²) in [5, 5.41) is 10.1. The number of aromatic nitrogens is 3. The van der Waals surface area contributed by atoms with Crippen molar-refractivity contribution in [1.29, 1.82) is 0 Å². The molecule has 0 amide bonds. The molecule has 0 unspecified atom stereocenters. The second-order valence-electron chi connectivity index (χ2n) is 0.811. The predicted octanol–water partition coefficient (Wildman–Crippen LogP) is 0.844. The molecule has 0 aliphatic heterocycles. The second kappa shape index (κ2) is 33.0. The van der Waals surface area contributed by atoms with Crippen LogP contribution in [0.15, 0.2) is 18.5 Å². The van der Waals surface area contributed by atoms with Gasteiger partial charge in [-0.15, -0.1) is 10.2 Å². The van der Waals surface area contributed by atoms with Crippen LogP contribution in [0.4, 0.5) is 0 Å². The lowest BCUT2D eigenvalue weighted by atomic mass is 10.7. The highest BCUT2D eigenvalue weighted by molar-refractivity contribution is 4.69. The summed E-state index contributed by atoms with van der Waals surface area (Å²) in [4.78, 5) is 0. The first-order valence-electron chi connectivity index (χ1n) is 1.58. The van der Waals surface area contributed by atoms with Gasteiger partial charge in [-0.1, -0.05) is 0 Å². The third-order valence-corrected chi connectivity index (χ3v) is 0.409. The largest absolute Gasteiger partial charge is 0.344 e. The van der Waals surface area contributed by atoms with Crippen molar-refractivity contribution >= 4 is 0 Å². The van der Waals surface area contributed by atoms with E-state index in [4.69, 9.17) is 0 Å². The van der Waals surface area contributed by atoms with E-state index in [2.05, 4.69) is 15.4 Å². The fraction of sp³-hybridized carbons (Fsp3) is 0. The third-order valence-electron chi connectivity index (χ3n) is 0.409. The molecule has 0 saturated carbocycles. The maximum Gasteiger partial charge on any atom is 0.0529 e. The molecule has 0 spiro atoms. The molecule has 12 heavy (non-hydrogen) atoms. The molecule has 1 heterocycles. The van der Waals surface area contributed by atoms with Gasteiger partial charge in [-0.2, -0.15) is 0 Å². The monoisotopic (exact) mass is 183 g/mol. The van der Waals surface area contributed by atoms with Crippen molar-refractivity contribution in [3.05, 3.63) is 18.5 Å². The molecule has 0 aliphatic rings. The van der Waals surface area contributed by atoms with Crippen LogP contribution in [0.1, 0.15) is 0 Å². The van der Waals surface area contributed by atoms with E-state index in [1.807, 2.05) is 0 Å². The Hall–Kier alpha value is -1.23. The lowest BCUT2D eigenvalue weighted by Crippen LogP contribution is -1.78. The van der Waals surface area contributed by atoms with Gasteiger partial charge < -0.3 is 36.9 Å². The Morgan fingerprint density at radius 2 is 0.917 bits per heavy atom. The molecule has 9 heteroatoms. The molecule has 1 aromatic heterocycles. The van der Waals surface area contributed by atoms with Gasteiger partial charge in [-0.05, 0) is 11.3 Å². The van der Waals surface area contributed by atoms with E-state index in [-0.39, 0.29) is 36.9 Å². The minimum atomic E-state index is 0. The highest BCUT2D eigenvalue weighted by atomic mass is 15.3. The zero-order chi connectivity index (χ0) is 4.24. The Balaban J connectivity index is -0.0000000150. The molecule has 0 radical (unpaired) electrons. The van der Waals surface area contributed by atoms with Crippen molar-refractivity contribution in [2.45, 2.75) is 0 Å². The van der Waals surface area contributed by atoms with Gasteiger partial charge in [0, 0.05) is 0 Å². The van der Waals surface area contributed by atoms with Crippen LogP contribution >= 0.6 is 0 Å². The van der Waals surface area contributed by atoms with E-state index in [0.29, 0.717) is 0 Å².